The van der Waals surface area contributed by atoms with Gasteiger partial charge in [-0.2, -0.15) is 0 Å². The van der Waals surface area contributed by atoms with E-state index in [9.17, 15) is 0 Å². The van der Waals surface area contributed by atoms with Crippen LogP contribution in [0.5, 0.6) is 0 Å². The van der Waals surface area contributed by atoms with Gasteiger partial charge in [-0.25, -0.2) is 0 Å². The van der Waals surface area contributed by atoms with Crippen LogP contribution in [0.15, 0.2) is 194 Å². The van der Waals surface area contributed by atoms with Gasteiger partial charge in [-0.3, -0.25) is 0 Å². The summed E-state index contributed by atoms with van der Waals surface area (Å²) in [5.41, 5.74) is 34.6. The SMILES string of the molecule is CC(C)(C)c1cccc(N(c2cccc(C(C)(C)C)c2)c2cc(C3CCCCC3)cc(N(c3cccc(C(C)(C)C)c3)c3cc(C(C)(C)C)cc(C(C)(C)C)c3)c2Cl)c1.CC(C)(C)c1cccc(N2c3cc(C(C)(C)C)ccc3B3c4ccc(C(C)(C)C)cc4N(c4cc(C(C)(C)C)cc(C(C)(C)C)c4)c4cc(C5CCCCC5)cc2c43)c1. The highest BCUT2D eigenvalue weighted by molar-refractivity contribution is 7.00. The van der Waals surface area contributed by atoms with Crippen LogP contribution in [-0.4, -0.2) is 6.71 Å². The van der Waals surface area contributed by atoms with E-state index in [2.05, 4.69) is 421 Å². The second-order valence-electron chi connectivity index (χ2n) is 46.1. The van der Waals surface area contributed by atoms with Crippen molar-refractivity contribution in [3.05, 3.63) is 266 Å². The zero-order valence-corrected chi connectivity index (χ0v) is 79.2. The van der Waals surface area contributed by atoms with Crippen LogP contribution < -0.4 is 36.0 Å². The number of benzene rings is 10. The van der Waals surface area contributed by atoms with Gasteiger partial charge in [-0.15, -0.1) is 0 Å². The van der Waals surface area contributed by atoms with Gasteiger partial charge in [-0.05, 0) is 284 Å². The molecule has 4 nitrogen and oxygen atoms in total. The Hall–Kier alpha value is -8.25. The summed E-state index contributed by atoms with van der Waals surface area (Å²) in [6.45, 7) is 70.1. The number of anilines is 12. The lowest BCUT2D eigenvalue weighted by atomic mass is 9.33. The molecule has 0 bridgehead atoms. The average Bonchev–Trinajstić information content (AvgIpc) is 0.692. The number of hydrogen-bond acceptors (Lipinski definition) is 4. The Morgan fingerprint density at radius 1 is 0.263 bits per heavy atom. The first-order chi connectivity index (χ1) is 54.7. The minimum absolute atomic E-state index is 0.000857. The molecule has 2 saturated carbocycles. The average molecular weight is 1590 g/mol. The maximum absolute atomic E-state index is 8.17. The first kappa shape index (κ1) is 87.6. The highest BCUT2D eigenvalue weighted by atomic mass is 35.5. The Morgan fingerprint density at radius 3 is 0.890 bits per heavy atom. The van der Waals surface area contributed by atoms with Crippen LogP contribution in [0.25, 0.3) is 0 Å². The third kappa shape index (κ3) is 18.5. The van der Waals surface area contributed by atoms with Crippen molar-refractivity contribution < 1.29 is 0 Å². The predicted octanol–water partition coefficient (Wildman–Crippen LogP) is 32.1. The molecule has 6 heteroatoms. The minimum atomic E-state index is -0.0548. The van der Waals surface area contributed by atoms with E-state index < -0.39 is 0 Å². The van der Waals surface area contributed by atoms with Gasteiger partial charge in [0.05, 0.1) is 16.4 Å². The maximum Gasteiger partial charge on any atom is 0.252 e. The van der Waals surface area contributed by atoms with Gasteiger partial charge in [0, 0.05) is 56.9 Å². The van der Waals surface area contributed by atoms with Gasteiger partial charge in [0.25, 0.3) is 6.71 Å². The van der Waals surface area contributed by atoms with E-state index in [-0.39, 0.29) is 60.9 Å². The quantitative estimate of drug-likeness (QED) is 0.127. The Bertz CT molecular complexity index is 5190. The fourth-order valence-electron chi connectivity index (χ4n) is 18.3. The summed E-state index contributed by atoms with van der Waals surface area (Å²) in [5, 5.41) is 0.742. The van der Waals surface area contributed by atoms with Crippen molar-refractivity contribution in [2.24, 2.45) is 0 Å². The van der Waals surface area contributed by atoms with E-state index in [1.165, 1.54) is 181 Å². The molecule has 2 fully saturated rings. The molecule has 622 valence electrons. The van der Waals surface area contributed by atoms with E-state index in [0.29, 0.717) is 11.8 Å². The zero-order valence-electron chi connectivity index (χ0n) is 78.4. The molecule has 0 N–H and O–H groups in total. The van der Waals surface area contributed by atoms with Gasteiger partial charge in [0.15, 0.2) is 0 Å². The van der Waals surface area contributed by atoms with Gasteiger partial charge in [-0.1, -0.05) is 343 Å². The largest absolute Gasteiger partial charge is 0.311 e. The molecule has 0 unspecified atom stereocenters. The van der Waals surface area contributed by atoms with Crippen molar-refractivity contribution >= 4 is 103 Å². The summed E-state index contributed by atoms with van der Waals surface area (Å²) >= 11 is 8.17. The molecule has 2 aliphatic heterocycles. The molecule has 2 heterocycles. The van der Waals surface area contributed by atoms with Crippen LogP contribution in [0.4, 0.5) is 68.2 Å². The second kappa shape index (κ2) is 32.0. The van der Waals surface area contributed by atoms with E-state index >= 15 is 0 Å². The normalized spacial score (nSPS) is 15.5. The molecule has 118 heavy (non-hydrogen) atoms. The first-order valence-electron chi connectivity index (χ1n) is 45.0. The highest BCUT2D eigenvalue weighted by Gasteiger charge is 2.46. The van der Waals surface area contributed by atoms with E-state index in [1.54, 1.807) is 0 Å². The summed E-state index contributed by atoms with van der Waals surface area (Å²) < 4.78 is 0. The van der Waals surface area contributed by atoms with Crippen LogP contribution in [-0.2, 0) is 54.1 Å². The maximum atomic E-state index is 8.17. The Balaban J connectivity index is 0.000000205. The predicted molar refractivity (Wildman–Crippen MR) is 520 cm³/mol. The van der Waals surface area contributed by atoms with Crippen molar-refractivity contribution in [3.63, 3.8) is 0 Å². The fourth-order valence-corrected chi connectivity index (χ4v) is 18.6. The monoisotopic (exact) mass is 1590 g/mol. The summed E-state index contributed by atoms with van der Waals surface area (Å²) in [7, 11) is 0. The van der Waals surface area contributed by atoms with Gasteiger partial charge >= 0.3 is 0 Å². The number of rotatable bonds is 10. The smallest absolute Gasteiger partial charge is 0.252 e. The molecule has 0 amide bonds. The van der Waals surface area contributed by atoms with Crippen molar-refractivity contribution in [2.75, 3.05) is 19.6 Å². The van der Waals surface area contributed by atoms with Crippen molar-refractivity contribution in [1.82, 2.24) is 0 Å². The van der Waals surface area contributed by atoms with E-state index in [4.69, 9.17) is 11.6 Å². The molecule has 2 aliphatic carbocycles. The van der Waals surface area contributed by atoms with Crippen molar-refractivity contribution in [1.29, 1.82) is 0 Å². The van der Waals surface area contributed by atoms with Crippen LogP contribution >= 0.6 is 11.6 Å². The third-order valence-corrected chi connectivity index (χ3v) is 26.6. The standard InChI is InChI=1S/C56H71BN2.C56H73ClN2/c1-52(2,3)38-22-19-23-43(31-38)58-47-34-39(53(4,5)6)24-26-45(47)57-46-27-25-40(54(7,8)9)35-48(46)59(44-32-41(55(10,11)12)30-42(33-44)56(13,14)15)50-29-37(28-49(58)51(50)57)36-20-17-16-18-21-36;1-52(2,3)40-24-19-27-45(33-40)58(46-28-20-25-41(34-46)53(4,5)6)49-30-39(38-22-17-16-18-23-38)31-50(51(49)57)59(47-29-21-26-42(35-47)54(7,8)9)48-36-43(55(10,11)12)32-44(37-48)56(13,14)15/h19,22-36H,16-18,20-21H2,1-15H3;19-21,24-38H,16-18,22-23H2,1-15H3. The summed E-state index contributed by atoms with van der Waals surface area (Å²) in [6, 6.07) is 76.6. The van der Waals surface area contributed by atoms with Gasteiger partial charge < -0.3 is 19.6 Å². The van der Waals surface area contributed by atoms with E-state index in [0.717, 1.165) is 39.1 Å². The number of halogens is 1. The molecule has 10 aromatic rings. The molecular formula is C112H144BClN4. The third-order valence-electron chi connectivity index (χ3n) is 26.2. The summed E-state index contributed by atoms with van der Waals surface area (Å²) in [4.78, 5) is 10.3. The Labute approximate surface area is 721 Å². The first-order valence-corrected chi connectivity index (χ1v) is 45.4. The lowest BCUT2D eigenvalue weighted by Gasteiger charge is -2.46. The van der Waals surface area contributed by atoms with Crippen molar-refractivity contribution in [2.45, 2.75) is 338 Å². The molecule has 4 aliphatic rings. The Kier molecular flexibility index (Phi) is 23.7. The van der Waals surface area contributed by atoms with E-state index in [1.807, 2.05) is 0 Å². The molecule has 0 saturated heterocycles. The molecule has 10 aromatic carbocycles. The second-order valence-corrected chi connectivity index (χ2v) is 46.5. The Morgan fingerprint density at radius 2 is 0.542 bits per heavy atom. The van der Waals surface area contributed by atoms with Crippen LogP contribution in [0, 0.1) is 0 Å². The zero-order chi connectivity index (χ0) is 85.9. The molecule has 14 rings (SSSR count). The van der Waals surface area contributed by atoms with Crippen LogP contribution in [0.3, 0.4) is 0 Å². The number of nitrogens with zero attached hydrogens (tertiary/aromatic N) is 4. The highest BCUT2D eigenvalue weighted by Crippen LogP contribution is 2.54. The molecule has 0 spiro atoms. The van der Waals surface area contributed by atoms with Crippen LogP contribution in [0.2, 0.25) is 5.02 Å². The minimum Gasteiger partial charge on any atom is -0.311 e. The van der Waals surface area contributed by atoms with Crippen molar-refractivity contribution in [3.8, 4) is 0 Å². The topological polar surface area (TPSA) is 13.0 Å². The van der Waals surface area contributed by atoms with Crippen LogP contribution in [0.1, 0.15) is 351 Å². The lowest BCUT2D eigenvalue weighted by molar-refractivity contribution is 0.444. The lowest BCUT2D eigenvalue weighted by Crippen LogP contribution is -2.61. The summed E-state index contributed by atoms with van der Waals surface area (Å²) in [6.07, 6.45) is 12.6. The molecule has 0 aromatic heterocycles. The number of hydrogen-bond donors (Lipinski definition) is 0. The summed E-state index contributed by atoms with van der Waals surface area (Å²) in [5.74, 6) is 1.00. The van der Waals surface area contributed by atoms with Gasteiger partial charge in [0.1, 0.15) is 0 Å². The molecule has 0 radical (unpaired) electrons. The van der Waals surface area contributed by atoms with Gasteiger partial charge in [0.2, 0.25) is 0 Å². The fraction of sp³-hybridized carbons (Fsp3) is 0.464. The molecule has 0 atom stereocenters. The number of fused-ring (bicyclic) bond motifs is 4. The molecular weight excluding hydrogens is 1450 g/mol.